The number of nitrogens with zero attached hydrogens (tertiary/aromatic N) is 2. The lowest BCUT2D eigenvalue weighted by Gasteiger charge is -1.91. The van der Waals surface area contributed by atoms with Crippen LogP contribution in [0.3, 0.4) is 0 Å². The summed E-state index contributed by atoms with van der Waals surface area (Å²) in [5.41, 5.74) is 1.36. The number of pyridine rings is 1. The van der Waals surface area contributed by atoms with Crippen molar-refractivity contribution in [2.45, 2.75) is 6.54 Å². The minimum Gasteiger partial charge on any atom is -0.226 e. The van der Waals surface area contributed by atoms with E-state index in [0.29, 0.717) is 0 Å². The van der Waals surface area contributed by atoms with Crippen LogP contribution in [0.15, 0.2) is 42.7 Å². The maximum Gasteiger partial charge on any atom is 0.286 e. The molecule has 2 heteroatoms. The third-order valence-electron chi connectivity index (χ3n) is 2.33. The second-order valence-electron chi connectivity index (χ2n) is 3.06. The lowest BCUT2D eigenvalue weighted by molar-refractivity contribution is -0.674. The van der Waals surface area contributed by atoms with E-state index in [4.69, 9.17) is 0 Å². The summed E-state index contributed by atoms with van der Waals surface area (Å²) in [5, 5.41) is 0. The van der Waals surface area contributed by atoms with Gasteiger partial charge in [0.05, 0.1) is 12.4 Å². The van der Waals surface area contributed by atoms with E-state index in [9.17, 15) is 0 Å². The van der Waals surface area contributed by atoms with Gasteiger partial charge in [-0.3, -0.25) is 0 Å². The van der Waals surface area contributed by atoms with Crippen molar-refractivity contribution in [1.82, 2.24) is 4.57 Å². The minimum atomic E-state index is 1.00. The summed E-state index contributed by atoms with van der Waals surface area (Å²) < 4.78 is 4.47. The van der Waals surface area contributed by atoms with Crippen LogP contribution in [0.2, 0.25) is 0 Å². The Balaban J connectivity index is 2.34. The van der Waals surface area contributed by atoms with Gasteiger partial charge >= 0.3 is 0 Å². The fraction of sp³-hybridized carbons (Fsp3) is 0.100. The number of rotatable bonds is 0. The van der Waals surface area contributed by atoms with E-state index < -0.39 is 0 Å². The first-order chi connectivity index (χ1) is 5.95. The van der Waals surface area contributed by atoms with Crippen molar-refractivity contribution in [3.63, 3.8) is 0 Å². The van der Waals surface area contributed by atoms with Gasteiger partial charge in [0.25, 0.3) is 5.82 Å². The van der Waals surface area contributed by atoms with Gasteiger partial charge < -0.3 is 0 Å². The smallest absolute Gasteiger partial charge is 0.226 e. The zero-order valence-electron chi connectivity index (χ0n) is 6.64. The molecule has 1 aliphatic heterocycles. The summed E-state index contributed by atoms with van der Waals surface area (Å²) >= 11 is 0. The van der Waals surface area contributed by atoms with Crippen LogP contribution in [0, 0.1) is 0 Å². The molecule has 0 bridgehead atoms. The maximum absolute atomic E-state index is 2.25. The standard InChI is InChI=1S/C10H9N2/c1-2-6-11-8-9-4-3-7-12(9)10(11)5-1/h1-7H,8H2/q+1. The third kappa shape index (κ3) is 0.619. The van der Waals surface area contributed by atoms with Crippen LogP contribution < -0.4 is 4.57 Å². The molecule has 0 saturated heterocycles. The van der Waals surface area contributed by atoms with Crippen LogP contribution in [0.1, 0.15) is 5.69 Å². The predicted octanol–water partition coefficient (Wildman–Crippen LogP) is 1.13. The quantitative estimate of drug-likeness (QED) is 0.432. The Hall–Kier alpha value is -1.57. The molecule has 2 aromatic rings. The van der Waals surface area contributed by atoms with Gasteiger partial charge in [0.2, 0.25) is 0 Å². The molecule has 1 aliphatic rings. The topological polar surface area (TPSA) is 8.81 Å². The molecule has 2 nitrogen and oxygen atoms in total. The van der Waals surface area contributed by atoms with E-state index in [1.165, 1.54) is 11.5 Å². The lowest BCUT2D eigenvalue weighted by Crippen LogP contribution is -2.31. The molecule has 0 N–H and O–H groups in total. The SMILES string of the molecule is c1cc[n+]2c(c1)-n1cccc1C2. The summed E-state index contributed by atoms with van der Waals surface area (Å²) in [7, 11) is 0. The van der Waals surface area contributed by atoms with Crippen LogP contribution in [0.25, 0.3) is 5.82 Å². The Morgan fingerprint density at radius 1 is 1.17 bits per heavy atom. The molecule has 0 unspecified atom stereocenters. The van der Waals surface area contributed by atoms with E-state index in [0.717, 1.165) is 6.54 Å². The molecule has 0 radical (unpaired) electrons. The highest BCUT2D eigenvalue weighted by Crippen LogP contribution is 2.14. The Labute approximate surface area is 70.7 Å². The molecule has 2 aromatic heterocycles. The van der Waals surface area contributed by atoms with E-state index in [-0.39, 0.29) is 0 Å². The Morgan fingerprint density at radius 2 is 2.17 bits per heavy atom. The summed E-state index contributed by atoms with van der Waals surface area (Å²) in [5.74, 6) is 1.26. The Bertz CT molecular complexity index is 429. The molecule has 3 heterocycles. The van der Waals surface area contributed by atoms with E-state index in [1.54, 1.807) is 0 Å². The van der Waals surface area contributed by atoms with E-state index in [2.05, 4.69) is 51.9 Å². The maximum atomic E-state index is 2.25. The molecule has 0 amide bonds. The van der Waals surface area contributed by atoms with Gasteiger partial charge in [-0.05, 0) is 18.2 Å². The van der Waals surface area contributed by atoms with Crippen LogP contribution >= 0.6 is 0 Å². The van der Waals surface area contributed by atoms with Gasteiger partial charge in [0, 0.05) is 6.07 Å². The van der Waals surface area contributed by atoms with Crippen LogP contribution in [-0.2, 0) is 6.54 Å². The number of fused-ring (bicyclic) bond motifs is 3. The highest BCUT2D eigenvalue weighted by atomic mass is 15.2. The van der Waals surface area contributed by atoms with Crippen LogP contribution in [0.5, 0.6) is 0 Å². The third-order valence-corrected chi connectivity index (χ3v) is 2.33. The molecule has 12 heavy (non-hydrogen) atoms. The lowest BCUT2D eigenvalue weighted by atomic mass is 10.4. The average Bonchev–Trinajstić information content (AvgIpc) is 2.62. The summed E-state index contributed by atoms with van der Waals surface area (Å²) in [6.45, 7) is 1.00. The summed E-state index contributed by atoms with van der Waals surface area (Å²) in [4.78, 5) is 0. The number of aromatic nitrogens is 2. The molecule has 0 saturated carbocycles. The Morgan fingerprint density at radius 3 is 3.17 bits per heavy atom. The van der Waals surface area contributed by atoms with Crippen LogP contribution in [-0.4, -0.2) is 4.57 Å². The molecule has 0 aliphatic carbocycles. The zero-order valence-corrected chi connectivity index (χ0v) is 6.64. The minimum absolute atomic E-state index is 1.00. The fourth-order valence-corrected chi connectivity index (χ4v) is 1.76. The van der Waals surface area contributed by atoms with Gasteiger partial charge in [-0.15, -0.1) is 0 Å². The van der Waals surface area contributed by atoms with Gasteiger partial charge in [0.1, 0.15) is 0 Å². The van der Waals surface area contributed by atoms with Crippen molar-refractivity contribution >= 4 is 0 Å². The van der Waals surface area contributed by atoms with Crippen molar-refractivity contribution in [3.8, 4) is 5.82 Å². The second kappa shape index (κ2) is 1.97. The predicted molar refractivity (Wildman–Crippen MR) is 45.1 cm³/mol. The number of hydrogen-bond acceptors (Lipinski definition) is 0. The molecule has 3 rings (SSSR count). The van der Waals surface area contributed by atoms with E-state index in [1.807, 2.05) is 0 Å². The monoisotopic (exact) mass is 157 g/mol. The summed E-state index contributed by atoms with van der Waals surface area (Å²) in [6, 6.07) is 10.5. The van der Waals surface area contributed by atoms with Crippen molar-refractivity contribution in [1.29, 1.82) is 0 Å². The highest BCUT2D eigenvalue weighted by molar-refractivity contribution is 5.25. The first-order valence-corrected chi connectivity index (χ1v) is 4.10. The second-order valence-corrected chi connectivity index (χ2v) is 3.06. The van der Waals surface area contributed by atoms with Gasteiger partial charge in [-0.1, -0.05) is 6.07 Å². The van der Waals surface area contributed by atoms with Gasteiger partial charge in [0.15, 0.2) is 12.2 Å². The molecule has 0 aromatic carbocycles. The van der Waals surface area contributed by atoms with Crippen molar-refractivity contribution in [3.05, 3.63) is 48.4 Å². The zero-order chi connectivity index (χ0) is 7.97. The largest absolute Gasteiger partial charge is 0.286 e. The molecular formula is C10H9N2+. The summed E-state index contributed by atoms with van der Waals surface area (Å²) in [6.07, 6.45) is 4.22. The molecule has 0 fully saturated rings. The molecule has 0 spiro atoms. The molecule has 58 valence electrons. The van der Waals surface area contributed by atoms with Crippen LogP contribution in [0.4, 0.5) is 0 Å². The number of hydrogen-bond donors (Lipinski definition) is 0. The Kier molecular flexibility index (Phi) is 0.987. The highest BCUT2D eigenvalue weighted by Gasteiger charge is 2.23. The normalized spacial score (nSPS) is 12.7. The first-order valence-electron chi connectivity index (χ1n) is 4.10. The first kappa shape index (κ1) is 6.00. The van der Waals surface area contributed by atoms with Crippen molar-refractivity contribution in [2.75, 3.05) is 0 Å². The van der Waals surface area contributed by atoms with Crippen molar-refractivity contribution in [2.24, 2.45) is 0 Å². The molecular weight excluding hydrogens is 148 g/mol. The average molecular weight is 157 g/mol. The van der Waals surface area contributed by atoms with Gasteiger partial charge in [-0.2, -0.15) is 4.57 Å². The van der Waals surface area contributed by atoms with Crippen molar-refractivity contribution < 1.29 is 4.57 Å². The fourth-order valence-electron chi connectivity index (χ4n) is 1.76. The molecule has 0 atom stereocenters. The van der Waals surface area contributed by atoms with E-state index >= 15 is 0 Å². The van der Waals surface area contributed by atoms with Gasteiger partial charge in [-0.25, -0.2) is 4.57 Å².